The van der Waals surface area contributed by atoms with Crippen molar-refractivity contribution in [3.63, 3.8) is 0 Å². The first kappa shape index (κ1) is 12.9. The predicted octanol–water partition coefficient (Wildman–Crippen LogP) is 2.29. The SMILES string of the molecule is COCCC(CNC(C)C)C(C)C. The minimum absolute atomic E-state index is 0.587. The maximum absolute atomic E-state index is 5.10. The van der Waals surface area contributed by atoms with Crippen molar-refractivity contribution in [2.75, 3.05) is 20.3 Å². The second-order valence-electron chi connectivity index (χ2n) is 4.35. The second kappa shape index (κ2) is 7.34. The molecule has 0 fully saturated rings. The largest absolute Gasteiger partial charge is 0.385 e. The van der Waals surface area contributed by atoms with Gasteiger partial charge in [0.25, 0.3) is 0 Å². The molecule has 1 atom stereocenters. The van der Waals surface area contributed by atoms with E-state index in [1.165, 1.54) is 0 Å². The van der Waals surface area contributed by atoms with Gasteiger partial charge in [0.2, 0.25) is 0 Å². The lowest BCUT2D eigenvalue weighted by Crippen LogP contribution is -2.31. The minimum atomic E-state index is 0.587. The highest BCUT2D eigenvalue weighted by Gasteiger charge is 2.12. The molecule has 0 amide bonds. The average molecular weight is 187 g/mol. The van der Waals surface area contributed by atoms with Gasteiger partial charge in [-0.05, 0) is 24.8 Å². The summed E-state index contributed by atoms with van der Waals surface area (Å²) in [6, 6.07) is 0.587. The van der Waals surface area contributed by atoms with Crippen molar-refractivity contribution >= 4 is 0 Å². The minimum Gasteiger partial charge on any atom is -0.385 e. The van der Waals surface area contributed by atoms with Gasteiger partial charge < -0.3 is 10.1 Å². The summed E-state index contributed by atoms with van der Waals surface area (Å²) in [7, 11) is 1.77. The molecule has 0 bridgehead atoms. The zero-order valence-electron chi connectivity index (χ0n) is 9.76. The van der Waals surface area contributed by atoms with E-state index in [0.29, 0.717) is 6.04 Å². The molecule has 2 nitrogen and oxygen atoms in total. The van der Waals surface area contributed by atoms with Crippen LogP contribution in [0.3, 0.4) is 0 Å². The first-order valence-corrected chi connectivity index (χ1v) is 5.30. The van der Waals surface area contributed by atoms with Gasteiger partial charge in [0.15, 0.2) is 0 Å². The number of methoxy groups -OCH3 is 1. The van der Waals surface area contributed by atoms with Crippen LogP contribution in [-0.4, -0.2) is 26.3 Å². The zero-order chi connectivity index (χ0) is 10.3. The van der Waals surface area contributed by atoms with Gasteiger partial charge in [-0.2, -0.15) is 0 Å². The van der Waals surface area contributed by atoms with Crippen LogP contribution in [0.1, 0.15) is 34.1 Å². The Morgan fingerprint density at radius 2 is 1.77 bits per heavy atom. The Bertz CT molecular complexity index is 113. The molecule has 1 unspecified atom stereocenters. The third-order valence-corrected chi connectivity index (χ3v) is 2.42. The molecule has 80 valence electrons. The molecule has 0 heterocycles. The molecular weight excluding hydrogens is 162 g/mol. The van der Waals surface area contributed by atoms with E-state index in [0.717, 1.165) is 31.4 Å². The molecule has 0 aliphatic heterocycles. The van der Waals surface area contributed by atoms with Crippen molar-refractivity contribution in [3.8, 4) is 0 Å². The maximum Gasteiger partial charge on any atom is 0.0465 e. The fourth-order valence-electron chi connectivity index (χ4n) is 1.33. The molecule has 1 N–H and O–H groups in total. The summed E-state index contributed by atoms with van der Waals surface area (Å²) in [5.41, 5.74) is 0. The molecule has 0 rings (SSSR count). The van der Waals surface area contributed by atoms with Crippen molar-refractivity contribution in [1.29, 1.82) is 0 Å². The molecule has 0 aromatic heterocycles. The van der Waals surface area contributed by atoms with Gasteiger partial charge in [0.1, 0.15) is 0 Å². The van der Waals surface area contributed by atoms with E-state index >= 15 is 0 Å². The Kier molecular flexibility index (Phi) is 7.29. The summed E-state index contributed by atoms with van der Waals surface area (Å²) in [6.07, 6.45) is 1.16. The van der Waals surface area contributed by atoms with Gasteiger partial charge in [-0.15, -0.1) is 0 Å². The van der Waals surface area contributed by atoms with E-state index < -0.39 is 0 Å². The Hall–Kier alpha value is -0.0800. The molecule has 0 saturated carbocycles. The summed E-state index contributed by atoms with van der Waals surface area (Å²) in [5.74, 6) is 1.48. The Morgan fingerprint density at radius 1 is 1.15 bits per heavy atom. The van der Waals surface area contributed by atoms with Crippen LogP contribution in [0.2, 0.25) is 0 Å². The Labute approximate surface area is 83.1 Å². The van der Waals surface area contributed by atoms with Crippen LogP contribution in [0.15, 0.2) is 0 Å². The summed E-state index contributed by atoms with van der Waals surface area (Å²) in [4.78, 5) is 0. The molecule has 0 aromatic rings. The van der Waals surface area contributed by atoms with Gasteiger partial charge in [-0.3, -0.25) is 0 Å². The summed E-state index contributed by atoms with van der Waals surface area (Å²) >= 11 is 0. The fourth-order valence-corrected chi connectivity index (χ4v) is 1.33. The summed E-state index contributed by atoms with van der Waals surface area (Å²) in [6.45, 7) is 10.9. The lowest BCUT2D eigenvalue weighted by Gasteiger charge is -2.22. The fraction of sp³-hybridized carbons (Fsp3) is 1.00. The van der Waals surface area contributed by atoms with Crippen molar-refractivity contribution in [1.82, 2.24) is 5.32 Å². The van der Waals surface area contributed by atoms with Crippen LogP contribution in [0, 0.1) is 11.8 Å². The van der Waals surface area contributed by atoms with Crippen molar-refractivity contribution < 1.29 is 4.74 Å². The third-order valence-electron chi connectivity index (χ3n) is 2.42. The Morgan fingerprint density at radius 3 is 2.15 bits per heavy atom. The monoisotopic (exact) mass is 187 g/mol. The summed E-state index contributed by atoms with van der Waals surface area (Å²) < 4.78 is 5.10. The zero-order valence-corrected chi connectivity index (χ0v) is 9.76. The molecule has 13 heavy (non-hydrogen) atoms. The first-order valence-electron chi connectivity index (χ1n) is 5.30. The second-order valence-corrected chi connectivity index (χ2v) is 4.35. The smallest absolute Gasteiger partial charge is 0.0465 e. The molecular formula is C11H25NO. The van der Waals surface area contributed by atoms with E-state index in [2.05, 4.69) is 33.0 Å². The Balaban J connectivity index is 3.67. The van der Waals surface area contributed by atoms with Crippen LogP contribution < -0.4 is 5.32 Å². The van der Waals surface area contributed by atoms with Crippen molar-refractivity contribution in [2.45, 2.75) is 40.2 Å². The highest BCUT2D eigenvalue weighted by Crippen LogP contribution is 2.14. The first-order chi connectivity index (χ1) is 6.07. The average Bonchev–Trinajstić information content (AvgIpc) is 2.03. The lowest BCUT2D eigenvalue weighted by atomic mass is 9.92. The van der Waals surface area contributed by atoms with Gasteiger partial charge in [-0.1, -0.05) is 27.7 Å². The van der Waals surface area contributed by atoms with Crippen LogP contribution in [0.4, 0.5) is 0 Å². The normalized spacial score (nSPS) is 14.1. The van der Waals surface area contributed by atoms with Crippen LogP contribution in [0.5, 0.6) is 0 Å². The number of hydrogen-bond acceptors (Lipinski definition) is 2. The van der Waals surface area contributed by atoms with Crippen molar-refractivity contribution in [2.24, 2.45) is 11.8 Å². The predicted molar refractivity (Wildman–Crippen MR) is 58.0 cm³/mol. The number of ether oxygens (including phenoxy) is 1. The molecule has 0 saturated heterocycles. The van der Waals surface area contributed by atoms with Gasteiger partial charge >= 0.3 is 0 Å². The number of rotatable bonds is 7. The molecule has 0 spiro atoms. The molecule has 0 aliphatic rings. The van der Waals surface area contributed by atoms with Crippen LogP contribution in [-0.2, 0) is 4.74 Å². The number of nitrogens with one attached hydrogen (secondary N) is 1. The quantitative estimate of drug-likeness (QED) is 0.660. The highest BCUT2D eigenvalue weighted by atomic mass is 16.5. The highest BCUT2D eigenvalue weighted by molar-refractivity contribution is 4.67. The van der Waals surface area contributed by atoms with Gasteiger partial charge in [0.05, 0.1) is 0 Å². The van der Waals surface area contributed by atoms with E-state index in [-0.39, 0.29) is 0 Å². The van der Waals surface area contributed by atoms with E-state index in [1.54, 1.807) is 7.11 Å². The third kappa shape index (κ3) is 7.03. The van der Waals surface area contributed by atoms with Crippen LogP contribution >= 0.6 is 0 Å². The van der Waals surface area contributed by atoms with E-state index in [9.17, 15) is 0 Å². The molecule has 0 aliphatic carbocycles. The molecule has 0 aromatic carbocycles. The molecule has 0 radical (unpaired) electrons. The maximum atomic E-state index is 5.10. The van der Waals surface area contributed by atoms with Gasteiger partial charge in [0, 0.05) is 19.8 Å². The van der Waals surface area contributed by atoms with E-state index in [4.69, 9.17) is 4.74 Å². The van der Waals surface area contributed by atoms with Crippen LogP contribution in [0.25, 0.3) is 0 Å². The van der Waals surface area contributed by atoms with Gasteiger partial charge in [-0.25, -0.2) is 0 Å². The van der Waals surface area contributed by atoms with Crippen molar-refractivity contribution in [3.05, 3.63) is 0 Å². The lowest BCUT2D eigenvalue weighted by molar-refractivity contribution is 0.163. The van der Waals surface area contributed by atoms with E-state index in [1.807, 2.05) is 0 Å². The summed E-state index contributed by atoms with van der Waals surface area (Å²) in [5, 5.41) is 3.48. The molecule has 2 heteroatoms. The standard InChI is InChI=1S/C11H25NO/c1-9(2)11(6-7-13-5)8-12-10(3)4/h9-12H,6-8H2,1-5H3. The number of hydrogen-bond donors (Lipinski definition) is 1. The topological polar surface area (TPSA) is 21.3 Å².